The summed E-state index contributed by atoms with van der Waals surface area (Å²) in [6.45, 7) is 0.148. The first-order valence-corrected chi connectivity index (χ1v) is 9.56. The van der Waals surface area contributed by atoms with E-state index in [2.05, 4.69) is 17.5 Å². The second-order valence-corrected chi connectivity index (χ2v) is 8.01. The fourth-order valence-electron chi connectivity index (χ4n) is 5.38. The average molecular weight is 366 g/mol. The van der Waals surface area contributed by atoms with Crippen molar-refractivity contribution in [2.45, 2.75) is 12.8 Å². The lowest BCUT2D eigenvalue weighted by atomic mass is 9.63. The largest absolute Gasteiger partial charge is 0.497 e. The van der Waals surface area contributed by atoms with Crippen LogP contribution in [0, 0.1) is 35.5 Å². The SMILES string of the molecule is COc1cccc(NC(=O)CCN2C(=O)[C@@H]3[C@H]4C=C[C@@H]([C@@H]5C[C@H]45)[C@@H]3C2=O)c1. The number of carbonyl (C=O) groups excluding carboxylic acids is 3. The zero-order valence-corrected chi connectivity index (χ0v) is 15.1. The van der Waals surface area contributed by atoms with Crippen molar-refractivity contribution in [1.29, 1.82) is 0 Å². The summed E-state index contributed by atoms with van der Waals surface area (Å²) in [5.41, 5.74) is 0.634. The van der Waals surface area contributed by atoms with E-state index in [1.165, 1.54) is 4.90 Å². The van der Waals surface area contributed by atoms with Gasteiger partial charge in [0.1, 0.15) is 5.75 Å². The number of nitrogens with one attached hydrogen (secondary N) is 1. The fourth-order valence-corrected chi connectivity index (χ4v) is 5.38. The molecule has 140 valence electrons. The third-order valence-corrected chi connectivity index (χ3v) is 6.67. The summed E-state index contributed by atoms with van der Waals surface area (Å²) in [6.07, 6.45) is 5.57. The number of hydrogen-bond acceptors (Lipinski definition) is 4. The van der Waals surface area contributed by atoms with Gasteiger partial charge in [0.25, 0.3) is 0 Å². The maximum absolute atomic E-state index is 12.9. The van der Waals surface area contributed by atoms with Crippen molar-refractivity contribution >= 4 is 23.4 Å². The van der Waals surface area contributed by atoms with Gasteiger partial charge >= 0.3 is 0 Å². The number of nitrogens with zero attached hydrogens (tertiary/aromatic N) is 1. The first-order valence-electron chi connectivity index (χ1n) is 9.56. The Morgan fingerprint density at radius 1 is 1.15 bits per heavy atom. The lowest BCUT2D eigenvalue weighted by molar-refractivity contribution is -0.140. The summed E-state index contributed by atoms with van der Waals surface area (Å²) in [5, 5.41) is 2.80. The summed E-state index contributed by atoms with van der Waals surface area (Å²) < 4.78 is 5.14. The number of carbonyl (C=O) groups is 3. The van der Waals surface area contributed by atoms with E-state index < -0.39 is 0 Å². The van der Waals surface area contributed by atoms with Crippen LogP contribution in [0.4, 0.5) is 5.69 Å². The van der Waals surface area contributed by atoms with Gasteiger partial charge in [-0.05, 0) is 42.2 Å². The molecule has 27 heavy (non-hydrogen) atoms. The van der Waals surface area contributed by atoms with E-state index in [1.807, 2.05) is 0 Å². The van der Waals surface area contributed by atoms with Crippen LogP contribution in [0.15, 0.2) is 36.4 Å². The summed E-state index contributed by atoms with van der Waals surface area (Å²) in [6, 6.07) is 7.09. The van der Waals surface area contributed by atoms with Gasteiger partial charge in [0.15, 0.2) is 0 Å². The maximum Gasteiger partial charge on any atom is 0.233 e. The molecule has 2 saturated carbocycles. The average Bonchev–Trinajstić information content (AvgIpc) is 3.45. The van der Waals surface area contributed by atoms with Gasteiger partial charge in [0.2, 0.25) is 17.7 Å². The number of rotatable bonds is 5. The molecule has 1 saturated heterocycles. The lowest BCUT2D eigenvalue weighted by Crippen LogP contribution is -2.40. The van der Waals surface area contributed by atoms with E-state index >= 15 is 0 Å². The molecular weight excluding hydrogens is 344 g/mol. The molecule has 0 spiro atoms. The topological polar surface area (TPSA) is 75.7 Å². The van der Waals surface area contributed by atoms with Crippen LogP contribution in [-0.4, -0.2) is 36.3 Å². The van der Waals surface area contributed by atoms with Gasteiger partial charge in [0, 0.05) is 24.7 Å². The molecule has 1 aromatic carbocycles. The minimum Gasteiger partial charge on any atom is -0.497 e. The highest BCUT2D eigenvalue weighted by Crippen LogP contribution is 2.65. The van der Waals surface area contributed by atoms with E-state index in [0.29, 0.717) is 23.3 Å². The third-order valence-electron chi connectivity index (χ3n) is 6.67. The Kier molecular flexibility index (Phi) is 3.64. The Labute approximate surface area is 157 Å². The molecule has 3 amide bonds. The zero-order valence-electron chi connectivity index (χ0n) is 15.1. The van der Waals surface area contributed by atoms with Crippen LogP contribution in [0.25, 0.3) is 0 Å². The van der Waals surface area contributed by atoms with Gasteiger partial charge in [-0.15, -0.1) is 0 Å². The van der Waals surface area contributed by atoms with E-state index in [-0.39, 0.29) is 54.4 Å². The Hall–Kier alpha value is -2.63. The van der Waals surface area contributed by atoms with Crippen LogP contribution < -0.4 is 10.1 Å². The molecule has 3 fully saturated rings. The van der Waals surface area contributed by atoms with E-state index in [9.17, 15) is 14.4 Å². The summed E-state index contributed by atoms with van der Waals surface area (Å²) >= 11 is 0. The second-order valence-electron chi connectivity index (χ2n) is 8.01. The number of ether oxygens (including phenoxy) is 1. The normalized spacial score (nSPS) is 35.1. The smallest absolute Gasteiger partial charge is 0.233 e. The zero-order chi connectivity index (χ0) is 18.7. The standard InChI is InChI=1S/C21H22N2O4/c1-27-12-4-2-3-11(9-12)22-17(24)7-8-23-20(25)18-13-5-6-14(16-10-15(13)16)19(18)21(23)26/h2-6,9,13-16,18-19H,7-8,10H2,1H3,(H,22,24)/t13-,14-,15-,16+,18-,19+/m0/s1. The Bertz CT molecular complexity index is 827. The van der Waals surface area contributed by atoms with Crippen molar-refractivity contribution < 1.29 is 19.1 Å². The van der Waals surface area contributed by atoms with Gasteiger partial charge in [-0.1, -0.05) is 18.2 Å². The predicted molar refractivity (Wildman–Crippen MR) is 97.7 cm³/mol. The van der Waals surface area contributed by atoms with Gasteiger partial charge in [-0.3, -0.25) is 19.3 Å². The highest BCUT2D eigenvalue weighted by atomic mass is 16.5. The first kappa shape index (κ1) is 16.5. The van der Waals surface area contributed by atoms with Crippen LogP contribution in [0.5, 0.6) is 5.75 Å². The molecular formula is C21H22N2O4. The van der Waals surface area contributed by atoms with Crippen molar-refractivity contribution in [2.24, 2.45) is 35.5 Å². The monoisotopic (exact) mass is 366 g/mol. The summed E-state index contributed by atoms with van der Waals surface area (Å²) in [5.74, 6) is 1.51. The van der Waals surface area contributed by atoms with Crippen molar-refractivity contribution in [3.8, 4) is 5.75 Å². The van der Waals surface area contributed by atoms with Gasteiger partial charge in [-0.25, -0.2) is 0 Å². The quantitative estimate of drug-likeness (QED) is 0.639. The second kappa shape index (κ2) is 5.94. The molecule has 0 radical (unpaired) electrons. The predicted octanol–water partition coefficient (Wildman–Crippen LogP) is 2.08. The molecule has 5 aliphatic rings. The molecule has 1 N–H and O–H groups in total. The first-order chi connectivity index (χ1) is 13.1. The number of imide groups is 1. The van der Waals surface area contributed by atoms with Gasteiger partial charge in [-0.2, -0.15) is 0 Å². The Morgan fingerprint density at radius 3 is 2.44 bits per heavy atom. The van der Waals surface area contributed by atoms with E-state index in [1.54, 1.807) is 31.4 Å². The van der Waals surface area contributed by atoms with Crippen LogP contribution in [0.3, 0.4) is 0 Å². The van der Waals surface area contributed by atoms with E-state index in [4.69, 9.17) is 4.74 Å². The highest BCUT2D eigenvalue weighted by Gasteiger charge is 2.66. The molecule has 6 heteroatoms. The number of amides is 3. The molecule has 6 rings (SSSR count). The fraction of sp³-hybridized carbons (Fsp3) is 0.476. The number of hydrogen-bond donors (Lipinski definition) is 1. The molecule has 1 heterocycles. The highest BCUT2D eigenvalue weighted by molar-refractivity contribution is 6.06. The number of anilines is 1. The van der Waals surface area contributed by atoms with Crippen molar-refractivity contribution in [2.75, 3.05) is 19.0 Å². The molecule has 1 aromatic rings. The molecule has 4 aliphatic carbocycles. The molecule has 0 unspecified atom stereocenters. The molecule has 6 atom stereocenters. The van der Waals surface area contributed by atoms with Crippen molar-refractivity contribution in [1.82, 2.24) is 4.90 Å². The Balaban J connectivity index is 1.24. The van der Waals surface area contributed by atoms with Gasteiger partial charge < -0.3 is 10.1 Å². The maximum atomic E-state index is 12.9. The minimum atomic E-state index is -0.220. The van der Waals surface area contributed by atoms with Crippen molar-refractivity contribution in [3.63, 3.8) is 0 Å². The number of methoxy groups -OCH3 is 1. The van der Waals surface area contributed by atoms with Crippen LogP contribution in [0.2, 0.25) is 0 Å². The van der Waals surface area contributed by atoms with Crippen LogP contribution >= 0.6 is 0 Å². The molecule has 2 bridgehead atoms. The van der Waals surface area contributed by atoms with Crippen molar-refractivity contribution in [3.05, 3.63) is 36.4 Å². The third kappa shape index (κ3) is 2.50. The van der Waals surface area contributed by atoms with E-state index in [0.717, 1.165) is 6.42 Å². The minimum absolute atomic E-state index is 0.0797. The number of allylic oxidation sites excluding steroid dienone is 2. The lowest BCUT2D eigenvalue weighted by Gasteiger charge is -2.37. The van der Waals surface area contributed by atoms with Crippen LogP contribution in [-0.2, 0) is 14.4 Å². The van der Waals surface area contributed by atoms with Gasteiger partial charge in [0.05, 0.1) is 18.9 Å². The molecule has 6 nitrogen and oxygen atoms in total. The molecule has 0 aromatic heterocycles. The Morgan fingerprint density at radius 2 is 1.81 bits per heavy atom. The summed E-state index contributed by atoms with van der Waals surface area (Å²) in [7, 11) is 1.57. The summed E-state index contributed by atoms with van der Waals surface area (Å²) in [4.78, 5) is 39.4. The number of benzene rings is 1. The molecule has 1 aliphatic heterocycles. The number of likely N-dealkylation sites (tertiary alicyclic amines) is 1. The van der Waals surface area contributed by atoms with Crippen LogP contribution in [0.1, 0.15) is 12.8 Å².